The molecule has 32 heavy (non-hydrogen) atoms. The summed E-state index contributed by atoms with van der Waals surface area (Å²) in [6, 6.07) is 8.68. The Bertz CT molecular complexity index is 1200. The molecule has 2 aromatic carbocycles. The zero-order valence-corrected chi connectivity index (χ0v) is 19.1. The number of halogens is 4. The molecule has 0 aliphatic heterocycles. The lowest BCUT2D eigenvalue weighted by Crippen LogP contribution is -2.20. The summed E-state index contributed by atoms with van der Waals surface area (Å²) in [7, 11) is 0. The van der Waals surface area contributed by atoms with E-state index in [0.29, 0.717) is 16.5 Å². The average Bonchev–Trinajstić information content (AvgIpc) is 2.99. The van der Waals surface area contributed by atoms with Gasteiger partial charge < -0.3 is 10.1 Å². The fourth-order valence-corrected chi connectivity index (χ4v) is 3.39. The van der Waals surface area contributed by atoms with E-state index in [0.717, 1.165) is 16.3 Å². The molecule has 1 heterocycles. The number of amides is 1. The monoisotopic (exact) mass is 528 g/mol. The number of nitro groups is 1. The van der Waals surface area contributed by atoms with Crippen molar-refractivity contribution in [2.24, 2.45) is 0 Å². The van der Waals surface area contributed by atoms with Gasteiger partial charge in [-0.05, 0) is 53.5 Å². The summed E-state index contributed by atoms with van der Waals surface area (Å²) in [5.41, 5.74) is 0.424. The van der Waals surface area contributed by atoms with Gasteiger partial charge in [-0.3, -0.25) is 19.6 Å². The fraction of sp³-hybridized carbons (Fsp3) is 0.200. The fourth-order valence-electron chi connectivity index (χ4n) is 2.81. The first kappa shape index (κ1) is 23.6. The highest BCUT2D eigenvalue weighted by Gasteiger charge is 2.21. The van der Waals surface area contributed by atoms with Gasteiger partial charge in [-0.25, -0.2) is 8.78 Å². The minimum absolute atomic E-state index is 0.0999. The molecule has 1 aromatic heterocycles. The van der Waals surface area contributed by atoms with Gasteiger partial charge in [0.15, 0.2) is 0 Å². The molecule has 0 aliphatic carbocycles. The first-order valence-electron chi connectivity index (χ1n) is 9.09. The van der Waals surface area contributed by atoms with Gasteiger partial charge in [-0.2, -0.15) is 5.10 Å². The largest absolute Gasteiger partial charge is 0.457 e. The Morgan fingerprint density at radius 1 is 1.28 bits per heavy atom. The van der Waals surface area contributed by atoms with Crippen LogP contribution in [0.1, 0.15) is 23.4 Å². The van der Waals surface area contributed by atoms with E-state index in [1.165, 1.54) is 19.1 Å². The van der Waals surface area contributed by atoms with Crippen LogP contribution in [0.5, 0.6) is 11.5 Å². The summed E-state index contributed by atoms with van der Waals surface area (Å²) in [5, 5.41) is 18.1. The van der Waals surface area contributed by atoms with Crippen LogP contribution in [-0.2, 0) is 11.3 Å². The summed E-state index contributed by atoms with van der Waals surface area (Å²) in [6.07, 6.45) is -2.81. The summed E-state index contributed by atoms with van der Waals surface area (Å²) in [5.74, 6) is -0.0897. The Labute approximate surface area is 194 Å². The van der Waals surface area contributed by atoms with Crippen molar-refractivity contribution in [1.82, 2.24) is 9.78 Å². The average molecular weight is 530 g/mol. The minimum Gasteiger partial charge on any atom is -0.457 e. The third kappa shape index (κ3) is 5.40. The van der Waals surface area contributed by atoms with Gasteiger partial charge in [-0.1, -0.05) is 11.6 Å². The van der Waals surface area contributed by atoms with Crippen LogP contribution in [0.15, 0.2) is 40.9 Å². The molecule has 1 N–H and O–H groups in total. The van der Waals surface area contributed by atoms with E-state index >= 15 is 0 Å². The molecule has 168 valence electrons. The topological polar surface area (TPSA) is 99.3 Å². The number of nitro benzene ring substituents is 1. The van der Waals surface area contributed by atoms with Gasteiger partial charge in [0.2, 0.25) is 5.91 Å². The number of hydrogen-bond donors (Lipinski definition) is 1. The predicted molar refractivity (Wildman–Crippen MR) is 118 cm³/mol. The van der Waals surface area contributed by atoms with Crippen LogP contribution in [0.2, 0.25) is 5.02 Å². The molecule has 0 aliphatic rings. The standard InChI is InChI=1S/C20H16BrClF2N4O4/c1-10-5-14(3-4-16(10)22)32-15-7-12(6-13(8-15)28(30)31)25-17(29)9-27-11(2)18(21)19(26-27)20(23)24/h3-8,20H,9H2,1-2H3,(H,25,29). The molecular formula is C20H16BrClF2N4O4. The first-order valence-corrected chi connectivity index (χ1v) is 10.3. The Hall–Kier alpha value is -3.05. The molecule has 0 fully saturated rings. The summed E-state index contributed by atoms with van der Waals surface area (Å²) >= 11 is 9.03. The highest BCUT2D eigenvalue weighted by atomic mass is 79.9. The number of carbonyl (C=O) groups is 1. The SMILES string of the molecule is Cc1cc(Oc2cc(NC(=O)Cn3nc(C(F)F)c(Br)c3C)cc([N+](=O)[O-])c2)ccc1Cl. The number of carbonyl (C=O) groups excluding carboxylic acids is 1. The zero-order chi connectivity index (χ0) is 23.6. The number of hydrogen-bond acceptors (Lipinski definition) is 5. The van der Waals surface area contributed by atoms with E-state index < -0.39 is 22.9 Å². The van der Waals surface area contributed by atoms with Crippen LogP contribution < -0.4 is 10.1 Å². The minimum atomic E-state index is -2.81. The van der Waals surface area contributed by atoms with Crippen LogP contribution in [0, 0.1) is 24.0 Å². The van der Waals surface area contributed by atoms with E-state index in [9.17, 15) is 23.7 Å². The van der Waals surface area contributed by atoms with Crippen LogP contribution in [0.4, 0.5) is 20.2 Å². The molecule has 3 rings (SSSR count). The molecule has 0 saturated heterocycles. The molecule has 3 aromatic rings. The second-order valence-corrected chi connectivity index (χ2v) is 7.98. The Kier molecular flexibility index (Phi) is 7.09. The lowest BCUT2D eigenvalue weighted by Gasteiger charge is -2.11. The Balaban J connectivity index is 1.82. The zero-order valence-electron chi connectivity index (χ0n) is 16.7. The van der Waals surface area contributed by atoms with Crippen molar-refractivity contribution in [2.45, 2.75) is 26.8 Å². The summed E-state index contributed by atoms with van der Waals surface area (Å²) < 4.78 is 32.9. The number of ether oxygens (including phenoxy) is 1. The van der Waals surface area contributed by atoms with Crippen LogP contribution in [0.3, 0.4) is 0 Å². The van der Waals surface area contributed by atoms with Crippen molar-refractivity contribution in [3.63, 3.8) is 0 Å². The quantitative estimate of drug-likeness (QED) is 0.290. The third-order valence-corrected chi connectivity index (χ3v) is 5.81. The maximum atomic E-state index is 13.0. The van der Waals surface area contributed by atoms with Crippen LogP contribution in [0.25, 0.3) is 0 Å². The number of nitrogens with one attached hydrogen (secondary N) is 1. The summed E-state index contributed by atoms with van der Waals surface area (Å²) in [6.45, 7) is 2.94. The molecule has 12 heteroatoms. The highest BCUT2D eigenvalue weighted by Crippen LogP contribution is 2.32. The molecule has 8 nitrogen and oxygen atoms in total. The van der Waals surface area contributed by atoms with Crippen LogP contribution >= 0.6 is 27.5 Å². The maximum Gasteiger partial charge on any atom is 0.283 e. The van der Waals surface area contributed by atoms with Gasteiger partial charge in [0.1, 0.15) is 23.7 Å². The molecule has 0 radical (unpaired) electrons. The molecule has 0 saturated carbocycles. The molecule has 0 bridgehead atoms. The number of nitrogens with zero attached hydrogens (tertiary/aromatic N) is 3. The van der Waals surface area contributed by atoms with Crippen molar-refractivity contribution < 1.29 is 23.2 Å². The second kappa shape index (κ2) is 9.61. The highest BCUT2D eigenvalue weighted by molar-refractivity contribution is 9.10. The smallest absolute Gasteiger partial charge is 0.283 e. The van der Waals surface area contributed by atoms with Crippen molar-refractivity contribution in [3.8, 4) is 11.5 Å². The molecular weight excluding hydrogens is 514 g/mol. The number of non-ortho nitro benzene ring substituents is 1. The Morgan fingerprint density at radius 3 is 2.59 bits per heavy atom. The lowest BCUT2D eigenvalue weighted by molar-refractivity contribution is -0.384. The van der Waals surface area contributed by atoms with Gasteiger partial charge >= 0.3 is 0 Å². The number of anilines is 1. The van der Waals surface area contributed by atoms with Gasteiger partial charge in [0, 0.05) is 17.2 Å². The van der Waals surface area contributed by atoms with Crippen molar-refractivity contribution in [3.05, 3.63) is 73.0 Å². The van der Waals surface area contributed by atoms with Gasteiger partial charge in [0.05, 0.1) is 26.8 Å². The van der Waals surface area contributed by atoms with E-state index in [-0.39, 0.29) is 28.1 Å². The normalized spacial score (nSPS) is 11.0. The Morgan fingerprint density at radius 2 is 2.00 bits per heavy atom. The number of rotatable bonds is 7. The molecule has 1 amide bonds. The molecule has 0 unspecified atom stereocenters. The van der Waals surface area contributed by atoms with E-state index in [1.54, 1.807) is 25.1 Å². The third-order valence-electron chi connectivity index (χ3n) is 4.41. The van der Waals surface area contributed by atoms with Crippen LogP contribution in [-0.4, -0.2) is 20.6 Å². The molecule has 0 atom stereocenters. The number of alkyl halides is 2. The number of aryl methyl sites for hydroxylation is 1. The van der Waals surface area contributed by atoms with Crippen molar-refractivity contribution in [2.75, 3.05) is 5.32 Å². The van der Waals surface area contributed by atoms with Crippen molar-refractivity contribution in [1.29, 1.82) is 0 Å². The van der Waals surface area contributed by atoms with Gasteiger partial charge in [0.25, 0.3) is 12.1 Å². The van der Waals surface area contributed by atoms with Gasteiger partial charge in [-0.15, -0.1) is 0 Å². The van der Waals surface area contributed by atoms with Crippen molar-refractivity contribution >= 4 is 44.8 Å². The number of benzene rings is 2. The maximum absolute atomic E-state index is 13.0. The van der Waals surface area contributed by atoms with E-state index in [4.69, 9.17) is 16.3 Å². The second-order valence-electron chi connectivity index (χ2n) is 6.78. The summed E-state index contributed by atoms with van der Waals surface area (Å²) in [4.78, 5) is 23.1. The first-order chi connectivity index (χ1) is 15.0. The van der Waals surface area contributed by atoms with E-state index in [1.807, 2.05) is 0 Å². The predicted octanol–water partition coefficient (Wildman–Crippen LogP) is 6.19. The molecule has 0 spiro atoms. The number of aromatic nitrogens is 2. The lowest BCUT2D eigenvalue weighted by atomic mass is 10.2. The van der Waals surface area contributed by atoms with E-state index in [2.05, 4.69) is 26.3 Å².